The third-order valence-electron chi connectivity index (χ3n) is 2.32. The maximum atomic E-state index is 6.04. The second-order valence-corrected chi connectivity index (χ2v) is 5.79. The zero-order valence-corrected chi connectivity index (χ0v) is 12.8. The predicted molar refractivity (Wildman–Crippen MR) is 80.6 cm³/mol. The minimum Gasteiger partial charge on any atom is -0.381 e. The van der Waals surface area contributed by atoms with Gasteiger partial charge in [0.25, 0.3) is 0 Å². The van der Waals surface area contributed by atoms with Crippen molar-refractivity contribution in [2.45, 2.75) is 6.54 Å². The van der Waals surface area contributed by atoms with Crippen LogP contribution in [0.4, 0.5) is 5.69 Å². The molecule has 0 atom stereocenters. The summed E-state index contributed by atoms with van der Waals surface area (Å²) in [4.78, 5) is 0. The number of nitrogens with one attached hydrogen (secondary N) is 1. The third kappa shape index (κ3) is 3.73. The second-order valence-electron chi connectivity index (χ2n) is 3.61. The lowest BCUT2D eigenvalue weighted by molar-refractivity contribution is 1.15. The van der Waals surface area contributed by atoms with Crippen molar-refractivity contribution in [2.24, 2.45) is 0 Å². The Hall–Kier alpha value is -0.510. The molecule has 1 N–H and O–H groups in total. The van der Waals surface area contributed by atoms with Gasteiger partial charge in [0, 0.05) is 21.2 Å². The number of benzene rings is 2. The number of hydrogen-bond acceptors (Lipinski definition) is 1. The van der Waals surface area contributed by atoms with Gasteiger partial charge in [0.05, 0.1) is 5.02 Å². The van der Waals surface area contributed by atoms with E-state index in [0.29, 0.717) is 0 Å². The molecule has 0 bridgehead atoms. The van der Waals surface area contributed by atoms with Crippen LogP contribution in [0.15, 0.2) is 51.4 Å². The third-order valence-corrected chi connectivity index (χ3v) is 4.09. The smallest absolute Gasteiger partial charge is 0.0551 e. The molecule has 0 unspecified atom stereocenters. The van der Waals surface area contributed by atoms with Crippen LogP contribution in [-0.2, 0) is 6.54 Å². The first-order chi connectivity index (χ1) is 8.15. The molecule has 0 amide bonds. The van der Waals surface area contributed by atoms with Crippen molar-refractivity contribution in [3.8, 4) is 0 Å². The number of rotatable bonds is 3. The first-order valence-electron chi connectivity index (χ1n) is 5.08. The molecule has 0 spiro atoms. The first-order valence-corrected chi connectivity index (χ1v) is 7.05. The van der Waals surface area contributed by atoms with Gasteiger partial charge in [-0.25, -0.2) is 0 Å². The number of halogens is 3. The molecule has 0 heterocycles. The van der Waals surface area contributed by atoms with Gasteiger partial charge < -0.3 is 5.32 Å². The van der Waals surface area contributed by atoms with Crippen molar-refractivity contribution < 1.29 is 0 Å². The van der Waals surface area contributed by atoms with E-state index in [-0.39, 0.29) is 0 Å². The van der Waals surface area contributed by atoms with Gasteiger partial charge in [0.2, 0.25) is 0 Å². The van der Waals surface area contributed by atoms with Gasteiger partial charge >= 0.3 is 0 Å². The van der Waals surface area contributed by atoms with E-state index in [9.17, 15) is 0 Å². The van der Waals surface area contributed by atoms with E-state index in [1.807, 2.05) is 42.5 Å². The Bertz CT molecular complexity index is 511. The second kappa shape index (κ2) is 5.89. The normalized spacial score (nSPS) is 10.3. The van der Waals surface area contributed by atoms with Crippen LogP contribution in [0.2, 0.25) is 5.02 Å². The molecule has 0 aliphatic heterocycles. The van der Waals surface area contributed by atoms with Gasteiger partial charge in [-0.3, -0.25) is 0 Å². The lowest BCUT2D eigenvalue weighted by Crippen LogP contribution is -1.98. The molecule has 17 heavy (non-hydrogen) atoms. The van der Waals surface area contributed by atoms with E-state index in [0.717, 1.165) is 31.8 Å². The Balaban J connectivity index is 2.02. The molecule has 2 aromatic rings. The molecule has 4 heteroatoms. The Morgan fingerprint density at radius 3 is 2.35 bits per heavy atom. The van der Waals surface area contributed by atoms with Gasteiger partial charge in [0.15, 0.2) is 0 Å². The fourth-order valence-electron chi connectivity index (χ4n) is 1.42. The van der Waals surface area contributed by atoms with Gasteiger partial charge in [-0.1, -0.05) is 33.6 Å². The molecule has 0 saturated heterocycles. The highest BCUT2D eigenvalue weighted by Crippen LogP contribution is 2.23. The quantitative estimate of drug-likeness (QED) is 0.749. The van der Waals surface area contributed by atoms with Crippen LogP contribution < -0.4 is 5.32 Å². The first kappa shape index (κ1) is 12.9. The van der Waals surface area contributed by atoms with E-state index >= 15 is 0 Å². The van der Waals surface area contributed by atoms with Crippen LogP contribution in [0.5, 0.6) is 0 Å². The number of anilines is 1. The molecule has 0 saturated carbocycles. The lowest BCUT2D eigenvalue weighted by atomic mass is 10.2. The topological polar surface area (TPSA) is 12.0 Å². The van der Waals surface area contributed by atoms with E-state index in [1.165, 1.54) is 0 Å². The molecule has 2 rings (SSSR count). The predicted octanol–water partition coefficient (Wildman–Crippen LogP) is 5.48. The fraction of sp³-hybridized carbons (Fsp3) is 0.0769. The molecule has 88 valence electrons. The fourth-order valence-corrected chi connectivity index (χ4v) is 2.14. The minimum atomic E-state index is 0.736. The summed E-state index contributed by atoms with van der Waals surface area (Å²) in [7, 11) is 0. The summed E-state index contributed by atoms with van der Waals surface area (Å²) in [6, 6.07) is 14.0. The highest BCUT2D eigenvalue weighted by atomic mass is 79.9. The summed E-state index contributed by atoms with van der Waals surface area (Å²) >= 11 is 12.8. The van der Waals surface area contributed by atoms with Crippen molar-refractivity contribution in [1.82, 2.24) is 0 Å². The van der Waals surface area contributed by atoms with Crippen molar-refractivity contribution in [3.63, 3.8) is 0 Å². The van der Waals surface area contributed by atoms with Gasteiger partial charge in [0.1, 0.15) is 0 Å². The summed E-state index contributed by atoms with van der Waals surface area (Å²) < 4.78 is 2.00. The molecule has 2 aromatic carbocycles. The van der Waals surface area contributed by atoms with Crippen LogP contribution in [0.1, 0.15) is 5.56 Å². The van der Waals surface area contributed by atoms with Gasteiger partial charge in [-0.15, -0.1) is 0 Å². The summed E-state index contributed by atoms with van der Waals surface area (Å²) in [5.41, 5.74) is 2.24. The standard InChI is InChI=1S/C13H10Br2ClN/c14-10-2-4-11(5-3-10)17-8-9-1-6-12(15)13(16)7-9/h1-7,17H,8H2. The largest absolute Gasteiger partial charge is 0.381 e. The maximum Gasteiger partial charge on any atom is 0.0551 e. The van der Waals surface area contributed by atoms with Gasteiger partial charge in [-0.05, 0) is 57.9 Å². The van der Waals surface area contributed by atoms with Crippen molar-refractivity contribution in [3.05, 3.63) is 62.0 Å². The molecule has 1 nitrogen and oxygen atoms in total. The lowest BCUT2D eigenvalue weighted by Gasteiger charge is -2.07. The van der Waals surface area contributed by atoms with Crippen molar-refractivity contribution in [1.29, 1.82) is 0 Å². The SMILES string of the molecule is Clc1cc(CNc2ccc(Br)cc2)ccc1Br. The molecular weight excluding hydrogens is 365 g/mol. The molecule has 0 aromatic heterocycles. The maximum absolute atomic E-state index is 6.04. The Morgan fingerprint density at radius 1 is 1.00 bits per heavy atom. The summed E-state index contributed by atoms with van der Waals surface area (Å²) in [6.45, 7) is 0.759. The highest BCUT2D eigenvalue weighted by Gasteiger charge is 1.99. The highest BCUT2D eigenvalue weighted by molar-refractivity contribution is 9.10. The molecule has 0 aliphatic carbocycles. The summed E-state index contributed by atoms with van der Waals surface area (Å²) in [6.07, 6.45) is 0. The van der Waals surface area contributed by atoms with Crippen molar-refractivity contribution >= 4 is 49.1 Å². The van der Waals surface area contributed by atoms with E-state index in [4.69, 9.17) is 11.6 Å². The Labute approximate surface area is 122 Å². The Kier molecular flexibility index (Phi) is 4.48. The zero-order valence-electron chi connectivity index (χ0n) is 8.88. The van der Waals surface area contributed by atoms with Crippen LogP contribution >= 0.6 is 43.5 Å². The van der Waals surface area contributed by atoms with Crippen molar-refractivity contribution in [2.75, 3.05) is 5.32 Å². The molecule has 0 radical (unpaired) electrons. The summed E-state index contributed by atoms with van der Waals surface area (Å²) in [5, 5.41) is 4.08. The van der Waals surface area contributed by atoms with Crippen LogP contribution in [0, 0.1) is 0 Å². The minimum absolute atomic E-state index is 0.736. The van der Waals surface area contributed by atoms with E-state index < -0.39 is 0 Å². The molecule has 0 fully saturated rings. The van der Waals surface area contributed by atoms with E-state index in [2.05, 4.69) is 37.2 Å². The average Bonchev–Trinajstić information content (AvgIpc) is 2.33. The van der Waals surface area contributed by atoms with Gasteiger partial charge in [-0.2, -0.15) is 0 Å². The number of hydrogen-bond donors (Lipinski definition) is 1. The Morgan fingerprint density at radius 2 is 1.71 bits per heavy atom. The van der Waals surface area contributed by atoms with E-state index in [1.54, 1.807) is 0 Å². The van der Waals surface area contributed by atoms with Crippen LogP contribution in [-0.4, -0.2) is 0 Å². The zero-order chi connectivity index (χ0) is 12.3. The average molecular weight is 375 g/mol. The summed E-state index contributed by atoms with van der Waals surface area (Å²) in [5.74, 6) is 0. The molecule has 0 aliphatic rings. The monoisotopic (exact) mass is 373 g/mol. The van der Waals surface area contributed by atoms with Crippen LogP contribution in [0.3, 0.4) is 0 Å². The molecular formula is C13H10Br2ClN. The van der Waals surface area contributed by atoms with Crippen LogP contribution in [0.25, 0.3) is 0 Å².